The zero-order valence-electron chi connectivity index (χ0n) is 10.2. The molecule has 1 unspecified atom stereocenters. The third-order valence-corrected chi connectivity index (χ3v) is 3.14. The quantitative estimate of drug-likeness (QED) is 0.809. The van der Waals surface area contributed by atoms with Gasteiger partial charge in [0.1, 0.15) is 0 Å². The molecule has 1 fully saturated rings. The highest BCUT2D eigenvalue weighted by Crippen LogP contribution is 2.24. The van der Waals surface area contributed by atoms with Crippen molar-refractivity contribution in [3.05, 3.63) is 29.3 Å². The molecule has 1 aromatic carbocycles. The number of hydrogen-bond donors (Lipinski definition) is 2. The SMILES string of the molecule is Cc1ccc(CN)c(N2CCOC(CO)C2)c1. The highest BCUT2D eigenvalue weighted by molar-refractivity contribution is 5.55. The molecule has 94 valence electrons. The van der Waals surface area contributed by atoms with Crippen LogP contribution in [0, 0.1) is 6.92 Å². The molecule has 0 saturated carbocycles. The van der Waals surface area contributed by atoms with Crippen molar-refractivity contribution < 1.29 is 9.84 Å². The molecule has 0 bridgehead atoms. The van der Waals surface area contributed by atoms with Crippen LogP contribution in [0.3, 0.4) is 0 Å². The van der Waals surface area contributed by atoms with E-state index in [4.69, 9.17) is 15.6 Å². The first-order chi connectivity index (χ1) is 8.24. The lowest BCUT2D eigenvalue weighted by atomic mass is 10.1. The Morgan fingerprint density at radius 2 is 2.35 bits per heavy atom. The molecule has 1 aromatic rings. The van der Waals surface area contributed by atoms with Crippen LogP contribution in [0.4, 0.5) is 5.69 Å². The summed E-state index contributed by atoms with van der Waals surface area (Å²) in [6, 6.07) is 6.31. The maximum atomic E-state index is 9.16. The molecule has 0 amide bonds. The fraction of sp³-hybridized carbons (Fsp3) is 0.538. The van der Waals surface area contributed by atoms with E-state index in [0.717, 1.165) is 18.7 Å². The van der Waals surface area contributed by atoms with Crippen LogP contribution < -0.4 is 10.6 Å². The van der Waals surface area contributed by atoms with E-state index in [9.17, 15) is 0 Å². The van der Waals surface area contributed by atoms with Crippen LogP contribution >= 0.6 is 0 Å². The molecule has 1 saturated heterocycles. The van der Waals surface area contributed by atoms with Gasteiger partial charge in [0.2, 0.25) is 0 Å². The maximum absolute atomic E-state index is 9.16. The fourth-order valence-electron chi connectivity index (χ4n) is 2.19. The van der Waals surface area contributed by atoms with Crippen molar-refractivity contribution in [3.8, 4) is 0 Å². The third-order valence-electron chi connectivity index (χ3n) is 3.14. The smallest absolute Gasteiger partial charge is 0.0980 e. The molecule has 0 radical (unpaired) electrons. The van der Waals surface area contributed by atoms with Gasteiger partial charge in [-0.15, -0.1) is 0 Å². The second-order valence-corrected chi connectivity index (χ2v) is 4.46. The van der Waals surface area contributed by atoms with Gasteiger partial charge in [-0.05, 0) is 24.1 Å². The summed E-state index contributed by atoms with van der Waals surface area (Å²) in [4.78, 5) is 2.25. The molecule has 4 heteroatoms. The number of aliphatic hydroxyl groups is 1. The average molecular weight is 236 g/mol. The minimum atomic E-state index is -0.0881. The number of nitrogens with two attached hydrogens (primary N) is 1. The first-order valence-electron chi connectivity index (χ1n) is 6.01. The van der Waals surface area contributed by atoms with E-state index < -0.39 is 0 Å². The third kappa shape index (κ3) is 2.77. The molecule has 0 spiro atoms. The van der Waals surface area contributed by atoms with Gasteiger partial charge in [-0.1, -0.05) is 12.1 Å². The van der Waals surface area contributed by atoms with Gasteiger partial charge < -0.3 is 20.5 Å². The minimum absolute atomic E-state index is 0.0697. The van der Waals surface area contributed by atoms with Crippen LogP contribution in [-0.4, -0.2) is 37.5 Å². The number of aliphatic hydroxyl groups excluding tert-OH is 1. The van der Waals surface area contributed by atoms with Gasteiger partial charge in [0, 0.05) is 25.3 Å². The lowest BCUT2D eigenvalue weighted by molar-refractivity contribution is 0.00353. The number of anilines is 1. The van der Waals surface area contributed by atoms with Gasteiger partial charge in [0.25, 0.3) is 0 Å². The largest absolute Gasteiger partial charge is 0.394 e. The van der Waals surface area contributed by atoms with Gasteiger partial charge >= 0.3 is 0 Å². The van der Waals surface area contributed by atoms with E-state index in [0.29, 0.717) is 13.2 Å². The fourth-order valence-corrected chi connectivity index (χ4v) is 2.19. The Hall–Kier alpha value is -1.10. The number of hydrogen-bond acceptors (Lipinski definition) is 4. The lowest BCUT2D eigenvalue weighted by Gasteiger charge is -2.35. The predicted octanol–water partition coefficient (Wildman–Crippen LogP) is 0.651. The van der Waals surface area contributed by atoms with Crippen molar-refractivity contribution in [3.63, 3.8) is 0 Å². The number of aryl methyl sites for hydroxylation is 1. The number of benzene rings is 1. The van der Waals surface area contributed by atoms with Crippen molar-refractivity contribution in [1.82, 2.24) is 0 Å². The summed E-state index contributed by atoms with van der Waals surface area (Å²) in [6.07, 6.45) is -0.0881. The molecule has 1 heterocycles. The number of nitrogens with zero attached hydrogens (tertiary/aromatic N) is 1. The predicted molar refractivity (Wildman–Crippen MR) is 68.1 cm³/mol. The summed E-state index contributed by atoms with van der Waals surface area (Å²) in [5.41, 5.74) is 9.32. The van der Waals surface area contributed by atoms with Crippen molar-refractivity contribution in [2.75, 3.05) is 31.2 Å². The molecule has 0 aromatic heterocycles. The Bertz CT molecular complexity index is 382. The van der Waals surface area contributed by atoms with Crippen molar-refractivity contribution >= 4 is 5.69 Å². The average Bonchev–Trinajstić information content (AvgIpc) is 2.39. The van der Waals surface area contributed by atoms with E-state index in [1.165, 1.54) is 11.3 Å². The Morgan fingerprint density at radius 3 is 3.06 bits per heavy atom. The van der Waals surface area contributed by atoms with Crippen LogP contribution in [-0.2, 0) is 11.3 Å². The van der Waals surface area contributed by atoms with Gasteiger partial charge in [-0.2, -0.15) is 0 Å². The van der Waals surface area contributed by atoms with Crippen LogP contribution in [0.1, 0.15) is 11.1 Å². The maximum Gasteiger partial charge on any atom is 0.0980 e. The van der Waals surface area contributed by atoms with Gasteiger partial charge in [0.05, 0.1) is 19.3 Å². The first-order valence-corrected chi connectivity index (χ1v) is 6.01. The molecular formula is C13H20N2O2. The van der Waals surface area contributed by atoms with Crippen LogP contribution in [0.2, 0.25) is 0 Å². The summed E-state index contributed by atoms with van der Waals surface area (Å²) in [5, 5.41) is 9.16. The molecule has 1 atom stereocenters. The highest BCUT2D eigenvalue weighted by Gasteiger charge is 2.21. The standard InChI is InChI=1S/C13H20N2O2/c1-10-2-3-11(7-14)13(6-10)15-4-5-17-12(8-15)9-16/h2-3,6,12,16H,4-5,7-9,14H2,1H3. The summed E-state index contributed by atoms with van der Waals surface area (Å²) >= 11 is 0. The molecule has 1 aliphatic heterocycles. The van der Waals surface area contributed by atoms with E-state index >= 15 is 0 Å². The molecule has 2 rings (SSSR count). The van der Waals surface area contributed by atoms with E-state index in [1.54, 1.807) is 0 Å². The molecule has 0 aliphatic carbocycles. The molecule has 3 N–H and O–H groups in total. The van der Waals surface area contributed by atoms with Crippen molar-refractivity contribution in [1.29, 1.82) is 0 Å². The van der Waals surface area contributed by atoms with Gasteiger partial charge in [-0.25, -0.2) is 0 Å². The Morgan fingerprint density at radius 1 is 1.53 bits per heavy atom. The van der Waals surface area contributed by atoms with Gasteiger partial charge in [-0.3, -0.25) is 0 Å². The Labute approximate surface area is 102 Å². The normalized spacial score (nSPS) is 20.6. The summed E-state index contributed by atoms with van der Waals surface area (Å²) in [6.45, 7) is 4.92. The first kappa shape index (κ1) is 12.4. The monoisotopic (exact) mass is 236 g/mol. The summed E-state index contributed by atoms with van der Waals surface area (Å²) in [7, 11) is 0. The van der Waals surface area contributed by atoms with Gasteiger partial charge in [0.15, 0.2) is 0 Å². The second kappa shape index (κ2) is 5.49. The number of morpholine rings is 1. The zero-order valence-corrected chi connectivity index (χ0v) is 10.2. The van der Waals surface area contributed by atoms with Crippen LogP contribution in [0.25, 0.3) is 0 Å². The zero-order chi connectivity index (χ0) is 12.3. The summed E-state index contributed by atoms with van der Waals surface area (Å²) < 4.78 is 5.46. The van der Waals surface area contributed by atoms with E-state index in [1.807, 2.05) is 0 Å². The lowest BCUT2D eigenvalue weighted by Crippen LogP contribution is -2.44. The minimum Gasteiger partial charge on any atom is -0.394 e. The second-order valence-electron chi connectivity index (χ2n) is 4.46. The molecular weight excluding hydrogens is 216 g/mol. The topological polar surface area (TPSA) is 58.7 Å². The number of rotatable bonds is 3. The molecule has 17 heavy (non-hydrogen) atoms. The van der Waals surface area contributed by atoms with Crippen molar-refractivity contribution in [2.45, 2.75) is 19.6 Å². The summed E-state index contributed by atoms with van der Waals surface area (Å²) in [5.74, 6) is 0. The Kier molecular flexibility index (Phi) is 3.99. The van der Waals surface area contributed by atoms with Crippen molar-refractivity contribution in [2.24, 2.45) is 5.73 Å². The molecule has 1 aliphatic rings. The van der Waals surface area contributed by atoms with E-state index in [2.05, 4.69) is 30.0 Å². The number of ether oxygens (including phenoxy) is 1. The highest BCUT2D eigenvalue weighted by atomic mass is 16.5. The van der Waals surface area contributed by atoms with E-state index in [-0.39, 0.29) is 12.7 Å². The Balaban J connectivity index is 2.22. The van der Waals surface area contributed by atoms with Crippen LogP contribution in [0.5, 0.6) is 0 Å². The molecule has 4 nitrogen and oxygen atoms in total. The van der Waals surface area contributed by atoms with Crippen LogP contribution in [0.15, 0.2) is 18.2 Å².